The first-order valence-corrected chi connectivity index (χ1v) is 10.9. The minimum Gasteiger partial charge on any atom is -0.362 e. The molecule has 5 rings (SSSR count). The predicted octanol–water partition coefficient (Wildman–Crippen LogP) is 2.53. The van der Waals surface area contributed by atoms with Crippen molar-refractivity contribution in [3.05, 3.63) is 22.4 Å². The molecule has 0 saturated carbocycles. The lowest BCUT2D eigenvalue weighted by Gasteiger charge is -2.35. The number of piperidine rings is 1. The highest BCUT2D eigenvalue weighted by molar-refractivity contribution is 7.09. The van der Waals surface area contributed by atoms with Crippen LogP contribution in [0, 0.1) is 5.92 Å². The maximum Gasteiger partial charge on any atom is 0.245 e. The van der Waals surface area contributed by atoms with Crippen LogP contribution in [0.3, 0.4) is 0 Å². The monoisotopic (exact) mass is 413 g/mol. The van der Waals surface area contributed by atoms with E-state index in [1.165, 1.54) is 4.88 Å². The highest BCUT2D eigenvalue weighted by Crippen LogP contribution is 2.30. The van der Waals surface area contributed by atoms with Gasteiger partial charge in [-0.15, -0.1) is 11.3 Å². The van der Waals surface area contributed by atoms with Crippen LogP contribution < -0.4 is 10.2 Å². The van der Waals surface area contributed by atoms with Gasteiger partial charge in [0.25, 0.3) is 0 Å². The summed E-state index contributed by atoms with van der Waals surface area (Å²) in [7, 11) is 0. The topological polar surface area (TPSA) is 100 Å². The third kappa shape index (κ3) is 3.89. The maximum atomic E-state index is 12.0. The highest BCUT2D eigenvalue weighted by Gasteiger charge is 2.29. The number of thiophene rings is 1. The van der Waals surface area contributed by atoms with E-state index in [2.05, 4.69) is 37.0 Å². The number of rotatable bonds is 6. The SMILES string of the molecule is O=C1CCCN1CC1CCCN(c2nc3nonc3nc2NCc2cccs2)C1. The van der Waals surface area contributed by atoms with E-state index in [4.69, 9.17) is 9.61 Å². The van der Waals surface area contributed by atoms with Gasteiger partial charge in [-0.3, -0.25) is 4.79 Å². The molecule has 5 heterocycles. The third-order valence-corrected chi connectivity index (χ3v) is 6.45. The van der Waals surface area contributed by atoms with Crippen molar-refractivity contribution in [2.45, 2.75) is 32.2 Å². The lowest BCUT2D eigenvalue weighted by molar-refractivity contribution is -0.128. The van der Waals surface area contributed by atoms with E-state index in [0.717, 1.165) is 51.3 Å². The molecular formula is C19H23N7O2S. The Labute approximate surface area is 172 Å². The first-order chi connectivity index (χ1) is 14.3. The van der Waals surface area contributed by atoms with Gasteiger partial charge in [-0.1, -0.05) is 6.07 Å². The minimum absolute atomic E-state index is 0.287. The number of carbonyl (C=O) groups excluding carboxylic acids is 1. The summed E-state index contributed by atoms with van der Waals surface area (Å²) >= 11 is 1.70. The lowest BCUT2D eigenvalue weighted by atomic mass is 9.97. The summed E-state index contributed by atoms with van der Waals surface area (Å²) in [6, 6.07) is 4.12. The molecule has 9 nitrogen and oxygen atoms in total. The summed E-state index contributed by atoms with van der Waals surface area (Å²) in [5.74, 6) is 2.20. The number of nitrogens with one attached hydrogen (secondary N) is 1. The van der Waals surface area contributed by atoms with Crippen LogP contribution >= 0.6 is 11.3 Å². The summed E-state index contributed by atoms with van der Waals surface area (Å²) in [4.78, 5) is 26.8. The van der Waals surface area contributed by atoms with Crippen molar-refractivity contribution in [2.75, 3.05) is 36.4 Å². The Morgan fingerprint density at radius 1 is 1.21 bits per heavy atom. The van der Waals surface area contributed by atoms with E-state index in [-0.39, 0.29) is 5.91 Å². The van der Waals surface area contributed by atoms with Gasteiger partial charge in [0.15, 0.2) is 11.6 Å². The summed E-state index contributed by atoms with van der Waals surface area (Å²) in [6.07, 6.45) is 3.86. The number of hydrogen-bond donors (Lipinski definition) is 1. The fourth-order valence-electron chi connectivity index (χ4n) is 4.17. The number of amides is 1. The largest absolute Gasteiger partial charge is 0.362 e. The summed E-state index contributed by atoms with van der Waals surface area (Å²) in [5.41, 5.74) is 0.817. The molecule has 152 valence electrons. The maximum absolute atomic E-state index is 12.0. The summed E-state index contributed by atoms with van der Waals surface area (Å²) < 4.78 is 4.82. The molecule has 3 aromatic rings. The lowest BCUT2D eigenvalue weighted by Crippen LogP contribution is -2.42. The van der Waals surface area contributed by atoms with Gasteiger partial charge < -0.3 is 15.1 Å². The second-order valence-corrected chi connectivity index (χ2v) is 8.67. The number of aromatic nitrogens is 4. The molecule has 10 heteroatoms. The Kier molecular flexibility index (Phi) is 5.01. The molecule has 1 unspecified atom stereocenters. The van der Waals surface area contributed by atoms with Crippen molar-refractivity contribution >= 4 is 40.2 Å². The smallest absolute Gasteiger partial charge is 0.245 e. The average Bonchev–Trinajstić information content (AvgIpc) is 3.49. The molecule has 29 heavy (non-hydrogen) atoms. The molecule has 1 atom stereocenters. The van der Waals surface area contributed by atoms with Crippen LogP contribution in [0.15, 0.2) is 22.1 Å². The second-order valence-electron chi connectivity index (χ2n) is 7.64. The number of likely N-dealkylation sites (tertiary alicyclic amines) is 1. The van der Waals surface area contributed by atoms with Crippen LogP contribution in [0.2, 0.25) is 0 Å². The normalized spacial score (nSPS) is 20.0. The first-order valence-electron chi connectivity index (χ1n) is 10.1. The number of anilines is 2. The molecule has 1 N–H and O–H groups in total. The Morgan fingerprint density at radius 3 is 2.90 bits per heavy atom. The van der Waals surface area contributed by atoms with Gasteiger partial charge in [0.2, 0.25) is 17.2 Å². The average molecular weight is 414 g/mol. The van der Waals surface area contributed by atoms with E-state index in [9.17, 15) is 4.79 Å². The standard InChI is InChI=1S/C19H23N7O2S/c27-15-6-2-7-25(15)11-13-4-1-8-26(12-13)19-18(20-10-14-5-3-9-29-14)21-16-17(22-19)24-28-23-16/h3,5,9,13H,1-2,4,6-8,10-12H2,(H,20,21,23). The van der Waals surface area contributed by atoms with Crippen LogP contribution in [-0.4, -0.2) is 57.3 Å². The van der Waals surface area contributed by atoms with Gasteiger partial charge in [0.05, 0.1) is 6.54 Å². The summed E-state index contributed by atoms with van der Waals surface area (Å²) in [6.45, 7) is 4.15. The predicted molar refractivity (Wildman–Crippen MR) is 110 cm³/mol. The molecule has 2 saturated heterocycles. The zero-order valence-electron chi connectivity index (χ0n) is 16.1. The quantitative estimate of drug-likeness (QED) is 0.658. The Morgan fingerprint density at radius 2 is 2.10 bits per heavy atom. The van der Waals surface area contributed by atoms with Crippen LogP contribution in [0.25, 0.3) is 11.3 Å². The van der Waals surface area contributed by atoms with Crippen molar-refractivity contribution in [1.82, 2.24) is 25.2 Å². The summed E-state index contributed by atoms with van der Waals surface area (Å²) in [5, 5.41) is 13.2. The Bertz CT molecular complexity index is 990. The molecular weight excluding hydrogens is 390 g/mol. The molecule has 0 aliphatic carbocycles. The van der Waals surface area contributed by atoms with Crippen molar-refractivity contribution < 1.29 is 9.42 Å². The van der Waals surface area contributed by atoms with Gasteiger partial charge in [0.1, 0.15) is 0 Å². The van der Waals surface area contributed by atoms with Gasteiger partial charge >= 0.3 is 0 Å². The van der Waals surface area contributed by atoms with E-state index in [0.29, 0.717) is 36.0 Å². The fraction of sp³-hybridized carbons (Fsp3) is 0.526. The van der Waals surface area contributed by atoms with E-state index in [1.807, 2.05) is 11.0 Å². The molecule has 0 aromatic carbocycles. The van der Waals surface area contributed by atoms with Gasteiger partial charge in [-0.2, -0.15) is 0 Å². The zero-order valence-corrected chi connectivity index (χ0v) is 16.9. The number of carbonyl (C=O) groups is 1. The number of fused-ring (bicyclic) bond motifs is 1. The molecule has 2 fully saturated rings. The van der Waals surface area contributed by atoms with Crippen LogP contribution in [-0.2, 0) is 11.3 Å². The molecule has 0 bridgehead atoms. The third-order valence-electron chi connectivity index (χ3n) is 5.57. The molecule has 2 aliphatic rings. The molecule has 0 spiro atoms. The fourth-order valence-corrected chi connectivity index (χ4v) is 4.81. The van der Waals surface area contributed by atoms with Crippen molar-refractivity contribution in [2.24, 2.45) is 5.92 Å². The van der Waals surface area contributed by atoms with Crippen LogP contribution in [0.5, 0.6) is 0 Å². The number of nitrogens with zero attached hydrogens (tertiary/aromatic N) is 6. The highest BCUT2D eigenvalue weighted by atomic mass is 32.1. The van der Waals surface area contributed by atoms with Gasteiger partial charge in [0, 0.05) is 37.5 Å². The second kappa shape index (κ2) is 7.94. The number of hydrogen-bond acceptors (Lipinski definition) is 9. The van der Waals surface area contributed by atoms with E-state index < -0.39 is 0 Å². The van der Waals surface area contributed by atoms with Gasteiger partial charge in [-0.25, -0.2) is 14.6 Å². The Hall–Kier alpha value is -2.75. The molecule has 2 aliphatic heterocycles. The van der Waals surface area contributed by atoms with E-state index >= 15 is 0 Å². The van der Waals surface area contributed by atoms with Crippen molar-refractivity contribution in [3.8, 4) is 0 Å². The van der Waals surface area contributed by atoms with Crippen LogP contribution in [0.4, 0.5) is 11.6 Å². The van der Waals surface area contributed by atoms with Gasteiger partial charge in [-0.05, 0) is 46.9 Å². The minimum atomic E-state index is 0.287. The van der Waals surface area contributed by atoms with Crippen molar-refractivity contribution in [1.29, 1.82) is 0 Å². The van der Waals surface area contributed by atoms with E-state index in [1.54, 1.807) is 11.3 Å². The molecule has 3 aromatic heterocycles. The van der Waals surface area contributed by atoms with Crippen molar-refractivity contribution in [3.63, 3.8) is 0 Å². The zero-order chi connectivity index (χ0) is 19.6. The van der Waals surface area contributed by atoms with Crippen LogP contribution in [0.1, 0.15) is 30.6 Å². The molecule has 1 amide bonds. The first kappa shape index (κ1) is 18.3. The Balaban J connectivity index is 1.37. The molecule has 0 radical (unpaired) electrons.